The highest BCUT2D eigenvalue weighted by Crippen LogP contribution is 2.08. The second-order valence-electron chi connectivity index (χ2n) is 4.46. The number of carbonyl (C=O) groups is 1. The van der Waals surface area contributed by atoms with Gasteiger partial charge in [-0.3, -0.25) is 9.69 Å². The van der Waals surface area contributed by atoms with E-state index in [1.54, 1.807) is 0 Å². The summed E-state index contributed by atoms with van der Waals surface area (Å²) in [5.41, 5.74) is 0. The normalized spacial score (nSPS) is 28.8. The summed E-state index contributed by atoms with van der Waals surface area (Å²) < 4.78 is 35.4. The van der Waals surface area contributed by atoms with Crippen LogP contribution in [-0.4, -0.2) is 70.5 Å². The molecule has 0 aromatic heterocycles. The molecule has 0 aromatic carbocycles. The van der Waals surface area contributed by atoms with E-state index in [0.717, 1.165) is 0 Å². The third kappa shape index (κ3) is 4.20. The van der Waals surface area contributed by atoms with Gasteiger partial charge in [0, 0.05) is 19.6 Å². The lowest BCUT2D eigenvalue weighted by Gasteiger charge is -2.27. The fourth-order valence-corrected chi connectivity index (χ4v) is 3.29. The molecule has 18 heavy (non-hydrogen) atoms. The molecule has 104 valence electrons. The van der Waals surface area contributed by atoms with Gasteiger partial charge >= 0.3 is 5.97 Å². The van der Waals surface area contributed by atoms with Crippen molar-refractivity contribution in [3.63, 3.8) is 0 Å². The maximum atomic E-state index is 11.7. The molecule has 1 N–H and O–H groups in total. The van der Waals surface area contributed by atoms with Crippen LogP contribution in [0.5, 0.6) is 0 Å². The molecule has 2 heterocycles. The molecule has 0 radical (unpaired) electrons. The quantitative estimate of drug-likeness (QED) is 0.636. The number of hydrogen-bond acceptors (Lipinski definition) is 6. The standard InChI is InChI=1S/C10H18N2O5S/c13-10(7-12-3-5-16-6-4-12)17-9-1-2-11-18(14,15)8-9/h9,11H,1-8H2. The number of rotatable bonds is 3. The van der Waals surface area contributed by atoms with Gasteiger partial charge in [-0.25, -0.2) is 13.1 Å². The Balaban J connectivity index is 1.76. The average molecular weight is 278 g/mol. The summed E-state index contributed by atoms with van der Waals surface area (Å²) in [7, 11) is -3.27. The molecule has 2 aliphatic rings. The van der Waals surface area contributed by atoms with Gasteiger partial charge in [-0.1, -0.05) is 0 Å². The molecule has 1 atom stereocenters. The van der Waals surface area contributed by atoms with Crippen LogP contribution in [0.2, 0.25) is 0 Å². The van der Waals surface area contributed by atoms with Crippen LogP contribution in [0.15, 0.2) is 0 Å². The highest BCUT2D eigenvalue weighted by molar-refractivity contribution is 7.89. The van der Waals surface area contributed by atoms with Gasteiger partial charge in [0.2, 0.25) is 10.0 Å². The lowest BCUT2D eigenvalue weighted by atomic mass is 10.3. The summed E-state index contributed by atoms with van der Waals surface area (Å²) in [6, 6.07) is 0. The smallest absolute Gasteiger partial charge is 0.320 e. The Kier molecular flexibility index (Phi) is 4.55. The summed E-state index contributed by atoms with van der Waals surface area (Å²) in [5.74, 6) is -0.499. The Morgan fingerprint density at radius 2 is 2.11 bits per heavy atom. The van der Waals surface area contributed by atoms with E-state index in [1.807, 2.05) is 4.90 Å². The number of sulfonamides is 1. The van der Waals surface area contributed by atoms with E-state index in [2.05, 4.69) is 4.72 Å². The average Bonchev–Trinajstić information content (AvgIpc) is 2.28. The summed E-state index contributed by atoms with van der Waals surface area (Å²) in [4.78, 5) is 13.6. The molecule has 7 nitrogen and oxygen atoms in total. The van der Waals surface area contributed by atoms with Crippen LogP contribution in [0.3, 0.4) is 0 Å². The van der Waals surface area contributed by atoms with Gasteiger partial charge in [-0.2, -0.15) is 0 Å². The molecule has 8 heteroatoms. The van der Waals surface area contributed by atoms with Crippen molar-refractivity contribution >= 4 is 16.0 Å². The van der Waals surface area contributed by atoms with E-state index in [0.29, 0.717) is 39.3 Å². The zero-order chi connectivity index (χ0) is 13.0. The summed E-state index contributed by atoms with van der Waals surface area (Å²) >= 11 is 0. The Morgan fingerprint density at radius 1 is 1.39 bits per heavy atom. The van der Waals surface area contributed by atoms with Gasteiger partial charge in [0.05, 0.1) is 19.8 Å². The largest absolute Gasteiger partial charge is 0.460 e. The van der Waals surface area contributed by atoms with E-state index >= 15 is 0 Å². The topological polar surface area (TPSA) is 84.9 Å². The van der Waals surface area contributed by atoms with Crippen LogP contribution in [0.1, 0.15) is 6.42 Å². The predicted octanol–water partition coefficient (Wildman–Crippen LogP) is -1.45. The Labute approximate surface area is 106 Å². The van der Waals surface area contributed by atoms with E-state index in [4.69, 9.17) is 9.47 Å². The molecule has 2 saturated heterocycles. The van der Waals surface area contributed by atoms with Crippen molar-refractivity contribution in [2.75, 3.05) is 45.1 Å². The van der Waals surface area contributed by atoms with E-state index in [1.165, 1.54) is 0 Å². The van der Waals surface area contributed by atoms with Crippen molar-refractivity contribution in [1.29, 1.82) is 0 Å². The summed E-state index contributed by atoms with van der Waals surface area (Å²) in [6.45, 7) is 3.19. The molecule has 2 fully saturated rings. The van der Waals surface area contributed by atoms with Crippen LogP contribution in [0.4, 0.5) is 0 Å². The third-order valence-corrected chi connectivity index (χ3v) is 4.40. The molecule has 0 saturated carbocycles. The molecule has 2 rings (SSSR count). The SMILES string of the molecule is O=C(CN1CCOCC1)OC1CCNS(=O)(=O)C1. The maximum absolute atomic E-state index is 11.7. The minimum atomic E-state index is -3.27. The summed E-state index contributed by atoms with van der Waals surface area (Å²) in [6.07, 6.45) is 0.0125. The van der Waals surface area contributed by atoms with Crippen molar-refractivity contribution in [2.45, 2.75) is 12.5 Å². The minimum absolute atomic E-state index is 0.137. The molecule has 0 bridgehead atoms. The first-order valence-electron chi connectivity index (χ1n) is 6.02. The molecular weight excluding hydrogens is 260 g/mol. The number of nitrogens with zero attached hydrogens (tertiary/aromatic N) is 1. The number of morpholine rings is 1. The second-order valence-corrected chi connectivity index (χ2v) is 6.32. The van der Waals surface area contributed by atoms with Gasteiger partial charge in [0.1, 0.15) is 11.9 Å². The summed E-state index contributed by atoms with van der Waals surface area (Å²) in [5, 5.41) is 0. The number of nitrogens with one attached hydrogen (secondary N) is 1. The van der Waals surface area contributed by atoms with Gasteiger partial charge in [-0.05, 0) is 6.42 Å². The molecule has 0 spiro atoms. The third-order valence-electron chi connectivity index (χ3n) is 2.95. The Bertz CT molecular complexity index is 391. The highest BCUT2D eigenvalue weighted by Gasteiger charge is 2.27. The highest BCUT2D eigenvalue weighted by atomic mass is 32.2. The fraction of sp³-hybridized carbons (Fsp3) is 0.900. The van der Waals surface area contributed by atoms with Crippen LogP contribution < -0.4 is 4.72 Å². The first-order chi connectivity index (χ1) is 8.55. The second kappa shape index (κ2) is 5.96. The minimum Gasteiger partial charge on any atom is -0.460 e. The number of hydrogen-bond donors (Lipinski definition) is 1. The Hall–Kier alpha value is -0.700. The molecule has 0 aromatic rings. The van der Waals surface area contributed by atoms with Crippen LogP contribution >= 0.6 is 0 Å². The first-order valence-corrected chi connectivity index (χ1v) is 7.67. The van der Waals surface area contributed by atoms with Crippen molar-refractivity contribution in [2.24, 2.45) is 0 Å². The van der Waals surface area contributed by atoms with E-state index in [9.17, 15) is 13.2 Å². The Morgan fingerprint density at radius 3 is 2.78 bits per heavy atom. The molecular formula is C10H18N2O5S. The van der Waals surface area contributed by atoms with Crippen molar-refractivity contribution in [3.8, 4) is 0 Å². The van der Waals surface area contributed by atoms with Gasteiger partial charge in [0.25, 0.3) is 0 Å². The maximum Gasteiger partial charge on any atom is 0.320 e. The molecule has 0 aliphatic carbocycles. The van der Waals surface area contributed by atoms with Crippen LogP contribution in [0, 0.1) is 0 Å². The van der Waals surface area contributed by atoms with Gasteiger partial charge in [0.15, 0.2) is 0 Å². The van der Waals surface area contributed by atoms with Crippen molar-refractivity contribution in [1.82, 2.24) is 9.62 Å². The number of ether oxygens (including phenoxy) is 2. The number of carbonyl (C=O) groups excluding carboxylic acids is 1. The molecule has 0 amide bonds. The zero-order valence-electron chi connectivity index (χ0n) is 10.1. The van der Waals surface area contributed by atoms with Crippen molar-refractivity contribution in [3.05, 3.63) is 0 Å². The fourth-order valence-electron chi connectivity index (χ4n) is 2.02. The lowest BCUT2D eigenvalue weighted by molar-refractivity contribution is -0.150. The van der Waals surface area contributed by atoms with E-state index in [-0.39, 0.29) is 18.3 Å². The molecule has 1 unspecified atom stereocenters. The predicted molar refractivity (Wildman–Crippen MR) is 63.5 cm³/mol. The molecule has 2 aliphatic heterocycles. The van der Waals surface area contributed by atoms with Crippen LogP contribution in [0.25, 0.3) is 0 Å². The van der Waals surface area contributed by atoms with E-state index < -0.39 is 16.1 Å². The van der Waals surface area contributed by atoms with Gasteiger partial charge < -0.3 is 9.47 Å². The lowest BCUT2D eigenvalue weighted by Crippen LogP contribution is -2.45. The first kappa shape index (κ1) is 13.7. The van der Waals surface area contributed by atoms with Crippen molar-refractivity contribution < 1.29 is 22.7 Å². The van der Waals surface area contributed by atoms with Crippen LogP contribution in [-0.2, 0) is 24.3 Å². The monoisotopic (exact) mass is 278 g/mol. The zero-order valence-corrected chi connectivity index (χ0v) is 10.9. The van der Waals surface area contributed by atoms with Gasteiger partial charge in [-0.15, -0.1) is 0 Å². The number of esters is 1.